The van der Waals surface area contributed by atoms with Crippen molar-refractivity contribution < 1.29 is 19.6 Å². The van der Waals surface area contributed by atoms with Gasteiger partial charge in [0.25, 0.3) is 5.91 Å². The van der Waals surface area contributed by atoms with E-state index in [1.54, 1.807) is 11.8 Å². The van der Waals surface area contributed by atoms with Crippen molar-refractivity contribution in [1.29, 1.82) is 0 Å². The molecule has 1 aromatic carbocycles. The zero-order valence-corrected chi connectivity index (χ0v) is 15.6. The fourth-order valence-corrected chi connectivity index (χ4v) is 3.12. The predicted octanol–water partition coefficient (Wildman–Crippen LogP) is 1.70. The molecule has 1 aromatic rings. The highest BCUT2D eigenvalue weighted by atomic mass is 35.5. The number of nitrogens with zero attached hydrogens (tertiary/aromatic N) is 1. The van der Waals surface area contributed by atoms with Gasteiger partial charge in [0.2, 0.25) is 0 Å². The number of halogens is 1. The second kappa shape index (κ2) is 9.63. The van der Waals surface area contributed by atoms with E-state index in [0.29, 0.717) is 31.3 Å². The Morgan fingerprint density at radius 1 is 1.40 bits per heavy atom. The molecule has 2 amide bonds. The number of nitrogens with one attached hydrogen (secondary N) is 1. The zero-order chi connectivity index (χ0) is 18.2. The fourth-order valence-electron chi connectivity index (χ4n) is 2.92. The summed E-state index contributed by atoms with van der Waals surface area (Å²) < 4.78 is 5.00. The maximum atomic E-state index is 12.2. The zero-order valence-electron chi connectivity index (χ0n) is 14.8. The van der Waals surface area contributed by atoms with Crippen molar-refractivity contribution in [2.75, 3.05) is 26.2 Å². The predicted molar refractivity (Wildman–Crippen MR) is 96.4 cm³/mol. The Hall–Kier alpha value is -1.79. The molecule has 0 saturated carbocycles. The number of hydrogen-bond acceptors (Lipinski definition) is 3. The molecule has 6 nitrogen and oxygen atoms in total. The van der Waals surface area contributed by atoms with E-state index < -0.39 is 0 Å². The van der Waals surface area contributed by atoms with E-state index in [4.69, 9.17) is 16.3 Å². The lowest BCUT2D eigenvalue weighted by molar-refractivity contribution is -0.682. The molecule has 1 atom stereocenters. The van der Waals surface area contributed by atoms with Crippen molar-refractivity contribution >= 4 is 23.6 Å². The molecular weight excluding hydrogens is 342 g/mol. The lowest BCUT2D eigenvalue weighted by Gasteiger charge is -2.31. The Bertz CT molecular complexity index is 589. The van der Waals surface area contributed by atoms with Gasteiger partial charge in [0.05, 0.1) is 6.61 Å². The van der Waals surface area contributed by atoms with Gasteiger partial charge in [-0.05, 0) is 38.8 Å². The molecule has 7 heteroatoms. The number of amides is 2. The number of carbonyl (C=O) groups is 2. The van der Waals surface area contributed by atoms with E-state index in [0.717, 1.165) is 18.4 Å². The summed E-state index contributed by atoms with van der Waals surface area (Å²) in [5.41, 5.74) is 1.10. The van der Waals surface area contributed by atoms with Crippen LogP contribution in [0.4, 0.5) is 4.79 Å². The summed E-state index contributed by atoms with van der Waals surface area (Å²) in [5.74, 6) is 0.0171. The molecule has 25 heavy (non-hydrogen) atoms. The van der Waals surface area contributed by atoms with E-state index >= 15 is 0 Å². The van der Waals surface area contributed by atoms with Gasteiger partial charge >= 0.3 is 6.09 Å². The van der Waals surface area contributed by atoms with Gasteiger partial charge in [-0.1, -0.05) is 23.7 Å². The lowest BCUT2D eigenvalue weighted by Crippen LogP contribution is -2.87. The standard InChI is InChI=1S/C18H26ClN3O3/c1-3-25-18(24)22-9-7-16(8-10-22)21-17(23)12-20-13(2)14-5-4-6-15(19)11-14/h4-6,11,13,16,20H,3,7-10,12H2,1-2H3,(H,21,23)/p+1/t13-/m0/s1. The molecule has 1 aliphatic heterocycles. The maximum absolute atomic E-state index is 12.2. The molecule has 0 aromatic heterocycles. The van der Waals surface area contributed by atoms with Gasteiger partial charge in [-0.2, -0.15) is 0 Å². The second-order valence-corrected chi connectivity index (χ2v) is 6.75. The molecule has 2 rings (SSSR count). The summed E-state index contributed by atoms with van der Waals surface area (Å²) in [4.78, 5) is 25.5. The first-order valence-electron chi connectivity index (χ1n) is 8.79. The van der Waals surface area contributed by atoms with Crippen LogP contribution in [0.5, 0.6) is 0 Å². The first-order valence-corrected chi connectivity index (χ1v) is 9.17. The van der Waals surface area contributed by atoms with Gasteiger partial charge in [-0.25, -0.2) is 4.79 Å². The van der Waals surface area contributed by atoms with Crippen molar-refractivity contribution in [2.45, 2.75) is 38.8 Å². The average Bonchev–Trinajstić information content (AvgIpc) is 2.60. The van der Waals surface area contributed by atoms with Crippen LogP contribution in [0.15, 0.2) is 24.3 Å². The van der Waals surface area contributed by atoms with E-state index in [9.17, 15) is 9.59 Å². The van der Waals surface area contributed by atoms with Crippen LogP contribution < -0.4 is 10.6 Å². The van der Waals surface area contributed by atoms with Crippen molar-refractivity contribution in [1.82, 2.24) is 10.2 Å². The summed E-state index contributed by atoms with van der Waals surface area (Å²) in [6.45, 7) is 5.84. The highest BCUT2D eigenvalue weighted by Gasteiger charge is 2.25. The number of quaternary nitrogens is 1. The van der Waals surface area contributed by atoms with E-state index in [-0.39, 0.29) is 24.1 Å². The topological polar surface area (TPSA) is 75.2 Å². The normalized spacial score (nSPS) is 16.4. The first-order chi connectivity index (χ1) is 12.0. The van der Waals surface area contributed by atoms with Crippen LogP contribution in [0.2, 0.25) is 5.02 Å². The highest BCUT2D eigenvalue weighted by molar-refractivity contribution is 6.30. The van der Waals surface area contributed by atoms with Crippen molar-refractivity contribution in [3.8, 4) is 0 Å². The number of likely N-dealkylation sites (tertiary alicyclic amines) is 1. The second-order valence-electron chi connectivity index (χ2n) is 6.31. The summed E-state index contributed by atoms with van der Waals surface area (Å²) in [7, 11) is 0. The molecule has 1 saturated heterocycles. The average molecular weight is 369 g/mol. The molecule has 1 aliphatic rings. The largest absolute Gasteiger partial charge is 0.450 e. The number of ether oxygens (including phenoxy) is 1. The van der Waals surface area contributed by atoms with Crippen LogP contribution in [-0.4, -0.2) is 49.2 Å². The number of hydrogen-bond donors (Lipinski definition) is 2. The first kappa shape index (κ1) is 19.5. The van der Waals surface area contributed by atoms with Crippen LogP contribution in [0, 0.1) is 0 Å². The monoisotopic (exact) mass is 368 g/mol. The van der Waals surface area contributed by atoms with Gasteiger partial charge in [0.1, 0.15) is 6.04 Å². The molecule has 138 valence electrons. The third-order valence-corrected chi connectivity index (χ3v) is 4.65. The van der Waals surface area contributed by atoms with E-state index in [1.807, 2.05) is 29.6 Å². The molecular formula is C18H27ClN3O3+. The Balaban J connectivity index is 1.70. The molecule has 1 heterocycles. The Morgan fingerprint density at radius 2 is 2.12 bits per heavy atom. The molecule has 0 aliphatic carbocycles. The smallest absolute Gasteiger partial charge is 0.409 e. The van der Waals surface area contributed by atoms with Gasteiger partial charge < -0.3 is 20.3 Å². The summed E-state index contributed by atoms with van der Waals surface area (Å²) in [6, 6.07) is 7.97. The third-order valence-electron chi connectivity index (χ3n) is 4.42. The molecule has 3 N–H and O–H groups in total. The van der Waals surface area contributed by atoms with E-state index in [2.05, 4.69) is 12.2 Å². The number of carbonyl (C=O) groups excluding carboxylic acids is 2. The third kappa shape index (κ3) is 6.21. The van der Waals surface area contributed by atoms with Crippen LogP contribution >= 0.6 is 11.6 Å². The Labute approximate surface area is 153 Å². The van der Waals surface area contributed by atoms with Gasteiger partial charge in [0.15, 0.2) is 6.54 Å². The van der Waals surface area contributed by atoms with Crippen LogP contribution in [-0.2, 0) is 9.53 Å². The number of benzene rings is 1. The summed E-state index contributed by atoms with van der Waals surface area (Å²) >= 11 is 6.00. The number of rotatable bonds is 6. The molecule has 0 spiro atoms. The summed E-state index contributed by atoms with van der Waals surface area (Å²) in [5, 5.41) is 5.75. The lowest BCUT2D eigenvalue weighted by atomic mass is 10.1. The minimum absolute atomic E-state index is 0.0171. The van der Waals surface area contributed by atoms with Gasteiger partial charge in [0, 0.05) is 29.7 Å². The minimum Gasteiger partial charge on any atom is -0.450 e. The van der Waals surface area contributed by atoms with Gasteiger partial charge in [-0.15, -0.1) is 0 Å². The molecule has 1 fully saturated rings. The number of piperidine rings is 1. The van der Waals surface area contributed by atoms with Crippen LogP contribution in [0.1, 0.15) is 38.3 Å². The SMILES string of the molecule is CCOC(=O)N1CCC(NC(=O)C[NH2+][C@@H](C)c2cccc(Cl)c2)CC1. The number of nitrogens with two attached hydrogens (primary N) is 1. The molecule has 0 bridgehead atoms. The van der Waals surface area contributed by atoms with Crippen LogP contribution in [0.3, 0.4) is 0 Å². The van der Waals surface area contributed by atoms with Crippen molar-refractivity contribution in [3.63, 3.8) is 0 Å². The maximum Gasteiger partial charge on any atom is 0.409 e. The van der Waals surface area contributed by atoms with Crippen molar-refractivity contribution in [2.24, 2.45) is 0 Å². The molecule has 0 unspecified atom stereocenters. The Morgan fingerprint density at radius 3 is 2.76 bits per heavy atom. The van der Waals surface area contributed by atoms with E-state index in [1.165, 1.54) is 0 Å². The summed E-state index contributed by atoms with van der Waals surface area (Å²) in [6.07, 6.45) is 1.25. The van der Waals surface area contributed by atoms with Crippen molar-refractivity contribution in [3.05, 3.63) is 34.9 Å². The fraction of sp³-hybridized carbons (Fsp3) is 0.556. The van der Waals surface area contributed by atoms with Crippen LogP contribution in [0.25, 0.3) is 0 Å². The molecule has 0 radical (unpaired) electrons. The quantitative estimate of drug-likeness (QED) is 0.802. The highest BCUT2D eigenvalue weighted by Crippen LogP contribution is 2.14. The minimum atomic E-state index is -0.268. The Kier molecular flexibility index (Phi) is 7.52. The van der Waals surface area contributed by atoms with Gasteiger partial charge in [-0.3, -0.25) is 4.79 Å².